The van der Waals surface area contributed by atoms with Crippen LogP contribution in [0.4, 0.5) is 0 Å². The second-order valence-electron chi connectivity index (χ2n) is 5.91. The maximum Gasteiger partial charge on any atom is 0.253 e. The van der Waals surface area contributed by atoms with Gasteiger partial charge in [0, 0.05) is 24.6 Å². The van der Waals surface area contributed by atoms with Crippen molar-refractivity contribution in [3.63, 3.8) is 0 Å². The van der Waals surface area contributed by atoms with E-state index in [9.17, 15) is 13.2 Å². The van der Waals surface area contributed by atoms with Crippen LogP contribution >= 0.6 is 0 Å². The van der Waals surface area contributed by atoms with Crippen molar-refractivity contribution in [3.05, 3.63) is 41.5 Å². The maximum absolute atomic E-state index is 12.5. The molecule has 1 aliphatic rings. The van der Waals surface area contributed by atoms with Gasteiger partial charge in [-0.3, -0.25) is 9.89 Å². The van der Waals surface area contributed by atoms with Gasteiger partial charge in [-0.1, -0.05) is 0 Å². The average molecular weight is 349 g/mol. The predicted octanol–water partition coefficient (Wildman–Crippen LogP) is 0.780. The molecule has 0 radical (unpaired) electrons. The lowest BCUT2D eigenvalue weighted by Crippen LogP contribution is -2.38. The first-order valence-corrected chi connectivity index (χ1v) is 9.20. The molecular formula is C15H19N5O3S. The highest BCUT2D eigenvalue weighted by Crippen LogP contribution is 2.26. The van der Waals surface area contributed by atoms with Crippen molar-refractivity contribution in [2.75, 3.05) is 13.1 Å². The summed E-state index contributed by atoms with van der Waals surface area (Å²) in [7, 11) is -3.75. The lowest BCUT2D eigenvalue weighted by molar-refractivity contribution is 0.0711. The van der Waals surface area contributed by atoms with E-state index in [1.54, 1.807) is 4.90 Å². The van der Waals surface area contributed by atoms with Gasteiger partial charge >= 0.3 is 0 Å². The zero-order valence-electron chi connectivity index (χ0n) is 13.3. The van der Waals surface area contributed by atoms with Crippen molar-refractivity contribution in [3.8, 4) is 0 Å². The van der Waals surface area contributed by atoms with E-state index in [1.165, 1.54) is 24.3 Å². The first-order chi connectivity index (χ1) is 11.3. The highest BCUT2D eigenvalue weighted by atomic mass is 32.2. The van der Waals surface area contributed by atoms with Crippen LogP contribution in [0.3, 0.4) is 0 Å². The lowest BCUT2D eigenvalue weighted by Gasteiger charge is -2.30. The van der Waals surface area contributed by atoms with Gasteiger partial charge in [-0.25, -0.2) is 18.5 Å². The van der Waals surface area contributed by atoms with Crippen LogP contribution in [0.2, 0.25) is 0 Å². The number of nitrogens with two attached hydrogens (primary N) is 1. The zero-order valence-corrected chi connectivity index (χ0v) is 14.1. The molecule has 9 heteroatoms. The third-order valence-electron chi connectivity index (χ3n) is 4.19. The van der Waals surface area contributed by atoms with Gasteiger partial charge in [0.2, 0.25) is 10.0 Å². The molecule has 0 spiro atoms. The standard InChI is InChI=1S/C15H19N5O3S/c1-10-17-14(19-18-10)11-6-8-20(9-7-11)15(21)12-2-4-13(5-3-12)24(16,22)23/h2-5,11H,6-9H2,1H3,(H2,16,22,23)(H,17,18,19). The SMILES string of the molecule is Cc1nc(C2CCN(C(=O)c3ccc(S(N)(=O)=O)cc3)CC2)n[nH]1. The predicted molar refractivity (Wildman–Crippen MR) is 86.8 cm³/mol. The fraction of sp³-hybridized carbons (Fsp3) is 0.400. The molecule has 1 aromatic carbocycles. The second-order valence-corrected chi connectivity index (χ2v) is 7.48. The van der Waals surface area contributed by atoms with Gasteiger partial charge in [0.15, 0.2) is 5.82 Å². The Balaban J connectivity index is 1.65. The highest BCUT2D eigenvalue weighted by Gasteiger charge is 2.26. The molecule has 128 valence electrons. The molecule has 3 N–H and O–H groups in total. The highest BCUT2D eigenvalue weighted by molar-refractivity contribution is 7.89. The van der Waals surface area contributed by atoms with Gasteiger partial charge in [0.25, 0.3) is 5.91 Å². The number of aromatic amines is 1. The van der Waals surface area contributed by atoms with Gasteiger partial charge in [-0.05, 0) is 44.0 Å². The number of hydrogen-bond donors (Lipinski definition) is 2. The summed E-state index contributed by atoms with van der Waals surface area (Å²) in [5.74, 6) is 1.74. The Morgan fingerprint density at radius 3 is 2.38 bits per heavy atom. The molecule has 1 aliphatic heterocycles. The molecule has 0 saturated carbocycles. The number of benzene rings is 1. The Hall–Kier alpha value is -2.26. The molecule has 3 rings (SSSR count). The van der Waals surface area contributed by atoms with E-state index in [2.05, 4.69) is 15.2 Å². The Labute approximate surface area is 140 Å². The Bertz CT molecular complexity index is 836. The molecule has 0 unspecified atom stereocenters. The molecule has 0 atom stereocenters. The number of likely N-dealkylation sites (tertiary alicyclic amines) is 1. The summed E-state index contributed by atoms with van der Waals surface area (Å²) in [5, 5.41) is 12.1. The van der Waals surface area contributed by atoms with Crippen molar-refractivity contribution >= 4 is 15.9 Å². The van der Waals surface area contributed by atoms with E-state index in [0.717, 1.165) is 24.5 Å². The summed E-state index contributed by atoms with van der Waals surface area (Å²) >= 11 is 0. The first kappa shape index (κ1) is 16.6. The molecule has 1 amide bonds. The minimum Gasteiger partial charge on any atom is -0.339 e. The fourth-order valence-electron chi connectivity index (χ4n) is 2.85. The van der Waals surface area contributed by atoms with Crippen molar-refractivity contribution < 1.29 is 13.2 Å². The van der Waals surface area contributed by atoms with Crippen LogP contribution in [-0.2, 0) is 10.0 Å². The molecule has 1 aromatic heterocycles. The molecule has 1 fully saturated rings. The number of aromatic nitrogens is 3. The van der Waals surface area contributed by atoms with Crippen molar-refractivity contribution in [1.82, 2.24) is 20.1 Å². The Kier molecular flexibility index (Phi) is 4.37. The summed E-state index contributed by atoms with van der Waals surface area (Å²) in [4.78, 5) is 18.6. The van der Waals surface area contributed by atoms with Gasteiger partial charge < -0.3 is 4.90 Å². The molecule has 1 saturated heterocycles. The smallest absolute Gasteiger partial charge is 0.253 e. The molecule has 24 heavy (non-hydrogen) atoms. The number of H-pyrrole nitrogens is 1. The van der Waals surface area contributed by atoms with Gasteiger partial charge in [0.1, 0.15) is 5.82 Å². The number of carbonyl (C=O) groups is 1. The van der Waals surface area contributed by atoms with Crippen molar-refractivity contribution in [2.24, 2.45) is 5.14 Å². The third-order valence-corrected chi connectivity index (χ3v) is 5.12. The van der Waals surface area contributed by atoms with E-state index >= 15 is 0 Å². The Morgan fingerprint density at radius 2 is 1.88 bits per heavy atom. The number of nitrogens with one attached hydrogen (secondary N) is 1. The monoisotopic (exact) mass is 349 g/mol. The van der Waals surface area contributed by atoms with E-state index in [1.807, 2.05) is 6.92 Å². The summed E-state index contributed by atoms with van der Waals surface area (Å²) < 4.78 is 22.5. The van der Waals surface area contributed by atoms with E-state index < -0.39 is 10.0 Å². The van der Waals surface area contributed by atoms with E-state index in [0.29, 0.717) is 18.7 Å². The summed E-state index contributed by atoms with van der Waals surface area (Å²) in [6.45, 7) is 3.10. The number of sulfonamides is 1. The minimum atomic E-state index is -3.75. The van der Waals surface area contributed by atoms with Crippen molar-refractivity contribution in [1.29, 1.82) is 0 Å². The Morgan fingerprint density at radius 1 is 1.25 bits per heavy atom. The summed E-state index contributed by atoms with van der Waals surface area (Å²) in [6, 6.07) is 5.69. The number of amides is 1. The number of nitrogens with zero attached hydrogens (tertiary/aromatic N) is 3. The van der Waals surface area contributed by atoms with Crippen LogP contribution in [0.25, 0.3) is 0 Å². The normalized spacial score (nSPS) is 16.3. The molecule has 0 aliphatic carbocycles. The molecule has 2 heterocycles. The third kappa shape index (κ3) is 3.46. The number of rotatable bonds is 3. The van der Waals surface area contributed by atoms with E-state index in [4.69, 9.17) is 5.14 Å². The molecule has 0 bridgehead atoms. The topological polar surface area (TPSA) is 122 Å². The van der Waals surface area contributed by atoms with Gasteiger partial charge in [-0.15, -0.1) is 0 Å². The molecular weight excluding hydrogens is 330 g/mol. The summed E-state index contributed by atoms with van der Waals surface area (Å²) in [6.07, 6.45) is 1.61. The zero-order chi connectivity index (χ0) is 17.3. The number of primary sulfonamides is 1. The van der Waals surface area contributed by atoms with Crippen LogP contribution in [0.15, 0.2) is 29.2 Å². The number of aryl methyl sites for hydroxylation is 1. The molecule has 8 nitrogen and oxygen atoms in total. The number of carbonyl (C=O) groups excluding carboxylic acids is 1. The minimum absolute atomic E-state index is 0.00210. The maximum atomic E-state index is 12.5. The van der Waals surface area contributed by atoms with Crippen molar-refractivity contribution in [2.45, 2.75) is 30.6 Å². The average Bonchev–Trinajstić information content (AvgIpc) is 3.00. The number of piperidine rings is 1. The van der Waals surface area contributed by atoms with Crippen LogP contribution in [-0.4, -0.2) is 47.5 Å². The quantitative estimate of drug-likeness (QED) is 0.848. The van der Waals surface area contributed by atoms with Gasteiger partial charge in [0.05, 0.1) is 4.90 Å². The first-order valence-electron chi connectivity index (χ1n) is 7.65. The van der Waals surface area contributed by atoms with Crippen LogP contribution < -0.4 is 5.14 Å². The number of hydrogen-bond acceptors (Lipinski definition) is 5. The summed E-state index contributed by atoms with van der Waals surface area (Å²) in [5.41, 5.74) is 0.453. The van der Waals surface area contributed by atoms with Crippen LogP contribution in [0.5, 0.6) is 0 Å². The second kappa shape index (κ2) is 6.33. The fourth-order valence-corrected chi connectivity index (χ4v) is 3.37. The van der Waals surface area contributed by atoms with Gasteiger partial charge in [-0.2, -0.15) is 5.10 Å². The van der Waals surface area contributed by atoms with Crippen LogP contribution in [0.1, 0.15) is 40.8 Å². The van der Waals surface area contributed by atoms with Crippen LogP contribution in [0, 0.1) is 6.92 Å². The largest absolute Gasteiger partial charge is 0.339 e. The molecule has 2 aromatic rings. The lowest BCUT2D eigenvalue weighted by atomic mass is 9.95. The van der Waals surface area contributed by atoms with E-state index in [-0.39, 0.29) is 16.7 Å².